The molecule has 0 heterocycles. The summed E-state index contributed by atoms with van der Waals surface area (Å²) in [5.41, 5.74) is 1.07. The number of ether oxygens (including phenoxy) is 1. The lowest BCUT2D eigenvalue weighted by Crippen LogP contribution is -2.32. The van der Waals surface area contributed by atoms with Crippen LogP contribution in [0.1, 0.15) is 32.8 Å². The molecule has 0 spiro atoms. The molecule has 0 aliphatic heterocycles. The van der Waals surface area contributed by atoms with Gasteiger partial charge in [0.15, 0.2) is 5.75 Å². The molecule has 0 fully saturated rings. The number of nitrogens with one attached hydrogen (secondary N) is 1. The number of nitrogens with zero attached hydrogens (tertiary/aromatic N) is 1. The minimum atomic E-state index is -0.418. The van der Waals surface area contributed by atoms with Crippen molar-refractivity contribution in [3.63, 3.8) is 0 Å². The van der Waals surface area contributed by atoms with Gasteiger partial charge in [0, 0.05) is 12.1 Å². The summed E-state index contributed by atoms with van der Waals surface area (Å²) in [6, 6.07) is 5.48. The van der Waals surface area contributed by atoms with Crippen LogP contribution in [0.15, 0.2) is 18.2 Å². The van der Waals surface area contributed by atoms with Gasteiger partial charge >= 0.3 is 5.69 Å². The van der Waals surface area contributed by atoms with Crippen molar-refractivity contribution in [2.75, 3.05) is 13.7 Å². The molecular weight excluding hydrogens is 256 g/mol. The van der Waals surface area contributed by atoms with E-state index in [0.29, 0.717) is 17.7 Å². The first-order valence-corrected chi connectivity index (χ1v) is 7.02. The van der Waals surface area contributed by atoms with Gasteiger partial charge in [0.2, 0.25) is 0 Å². The molecule has 1 atom stereocenters. The largest absolute Gasteiger partial charge is 0.490 e. The number of nitro groups is 1. The second-order valence-electron chi connectivity index (χ2n) is 5.35. The lowest BCUT2D eigenvalue weighted by atomic mass is 9.97. The van der Waals surface area contributed by atoms with Crippen LogP contribution in [0.3, 0.4) is 0 Å². The highest BCUT2D eigenvalue weighted by atomic mass is 16.6. The number of hydrogen-bond donors (Lipinski definition) is 1. The van der Waals surface area contributed by atoms with Crippen molar-refractivity contribution in [2.45, 2.75) is 39.7 Å². The van der Waals surface area contributed by atoms with Crippen molar-refractivity contribution >= 4 is 5.69 Å². The van der Waals surface area contributed by atoms with Gasteiger partial charge in [-0.05, 0) is 36.9 Å². The topological polar surface area (TPSA) is 64.4 Å². The lowest BCUT2D eigenvalue weighted by molar-refractivity contribution is -0.385. The Labute approximate surface area is 120 Å². The van der Waals surface area contributed by atoms with Crippen LogP contribution >= 0.6 is 0 Å². The highest BCUT2D eigenvalue weighted by Gasteiger charge is 2.17. The standard InChI is InChI=1S/C15H24N2O3/c1-5-16-13(8-11(2)3)9-12-6-7-14(17(18)19)15(10-12)20-4/h6-7,10-11,13,16H,5,8-9H2,1-4H3. The fourth-order valence-corrected chi connectivity index (χ4v) is 2.38. The van der Waals surface area contributed by atoms with Gasteiger partial charge in [-0.1, -0.05) is 26.8 Å². The Kier molecular flexibility index (Phi) is 6.45. The number of nitro benzene ring substituents is 1. The van der Waals surface area contributed by atoms with E-state index in [1.54, 1.807) is 6.07 Å². The van der Waals surface area contributed by atoms with E-state index in [9.17, 15) is 10.1 Å². The molecule has 0 saturated carbocycles. The van der Waals surface area contributed by atoms with Crippen LogP contribution in [0.5, 0.6) is 5.75 Å². The summed E-state index contributed by atoms with van der Waals surface area (Å²) in [5.74, 6) is 0.936. The van der Waals surface area contributed by atoms with Crippen LogP contribution < -0.4 is 10.1 Å². The minimum absolute atomic E-state index is 0.0140. The van der Waals surface area contributed by atoms with E-state index in [0.717, 1.165) is 24.9 Å². The number of hydrogen-bond acceptors (Lipinski definition) is 4. The van der Waals surface area contributed by atoms with Crippen LogP contribution in [-0.2, 0) is 6.42 Å². The van der Waals surface area contributed by atoms with Crippen LogP contribution in [0.25, 0.3) is 0 Å². The van der Waals surface area contributed by atoms with E-state index < -0.39 is 4.92 Å². The molecule has 1 unspecified atom stereocenters. The minimum Gasteiger partial charge on any atom is -0.490 e. The molecule has 0 amide bonds. The van der Waals surface area contributed by atoms with Gasteiger partial charge in [0.1, 0.15) is 0 Å². The van der Waals surface area contributed by atoms with Gasteiger partial charge in [-0.2, -0.15) is 0 Å². The van der Waals surface area contributed by atoms with Gasteiger partial charge in [-0.15, -0.1) is 0 Å². The third-order valence-corrected chi connectivity index (χ3v) is 3.17. The summed E-state index contributed by atoms with van der Waals surface area (Å²) < 4.78 is 5.11. The zero-order chi connectivity index (χ0) is 15.1. The number of benzene rings is 1. The molecule has 0 bridgehead atoms. The van der Waals surface area contributed by atoms with E-state index in [1.807, 2.05) is 6.07 Å². The molecule has 0 aliphatic carbocycles. The molecule has 112 valence electrons. The van der Waals surface area contributed by atoms with Crippen molar-refractivity contribution in [2.24, 2.45) is 5.92 Å². The van der Waals surface area contributed by atoms with Gasteiger partial charge in [-0.3, -0.25) is 10.1 Å². The molecule has 5 heteroatoms. The normalized spacial score (nSPS) is 12.4. The Hall–Kier alpha value is -1.62. The molecule has 1 aromatic rings. The number of methoxy groups -OCH3 is 1. The molecule has 1 aromatic carbocycles. The molecule has 0 aromatic heterocycles. The first-order valence-electron chi connectivity index (χ1n) is 7.02. The maximum absolute atomic E-state index is 10.9. The fourth-order valence-electron chi connectivity index (χ4n) is 2.38. The van der Waals surface area contributed by atoms with Crippen molar-refractivity contribution in [1.29, 1.82) is 0 Å². The van der Waals surface area contributed by atoms with Crippen LogP contribution in [-0.4, -0.2) is 24.6 Å². The predicted molar refractivity (Wildman–Crippen MR) is 80.3 cm³/mol. The summed E-state index contributed by atoms with van der Waals surface area (Å²) >= 11 is 0. The Morgan fingerprint density at radius 2 is 2.10 bits per heavy atom. The smallest absolute Gasteiger partial charge is 0.310 e. The first-order chi connectivity index (χ1) is 9.47. The Morgan fingerprint density at radius 3 is 2.60 bits per heavy atom. The van der Waals surface area contributed by atoms with E-state index in [-0.39, 0.29) is 5.69 Å². The van der Waals surface area contributed by atoms with Gasteiger partial charge in [0.25, 0.3) is 0 Å². The van der Waals surface area contributed by atoms with E-state index in [4.69, 9.17) is 4.74 Å². The predicted octanol–water partition coefficient (Wildman–Crippen LogP) is 3.17. The van der Waals surface area contributed by atoms with Gasteiger partial charge < -0.3 is 10.1 Å². The van der Waals surface area contributed by atoms with E-state index >= 15 is 0 Å². The average Bonchev–Trinajstić information content (AvgIpc) is 2.37. The third kappa shape index (κ3) is 4.81. The zero-order valence-electron chi connectivity index (χ0n) is 12.7. The molecule has 1 rings (SSSR count). The van der Waals surface area contributed by atoms with Crippen LogP contribution in [0.4, 0.5) is 5.69 Å². The number of rotatable bonds is 8. The summed E-state index contributed by atoms with van der Waals surface area (Å²) in [5, 5.41) is 14.3. The maximum Gasteiger partial charge on any atom is 0.310 e. The SMILES string of the molecule is CCNC(Cc1ccc([N+](=O)[O-])c(OC)c1)CC(C)C. The molecule has 0 radical (unpaired) electrons. The second kappa shape index (κ2) is 7.85. The molecule has 1 N–H and O–H groups in total. The monoisotopic (exact) mass is 280 g/mol. The van der Waals surface area contributed by atoms with E-state index in [1.165, 1.54) is 13.2 Å². The van der Waals surface area contributed by atoms with Crippen molar-refractivity contribution in [1.82, 2.24) is 5.32 Å². The van der Waals surface area contributed by atoms with Crippen molar-refractivity contribution < 1.29 is 9.66 Å². The lowest BCUT2D eigenvalue weighted by Gasteiger charge is -2.20. The maximum atomic E-state index is 10.9. The number of likely N-dealkylation sites (N-methyl/N-ethyl adjacent to an activating group) is 1. The molecule has 5 nitrogen and oxygen atoms in total. The Bertz CT molecular complexity index is 447. The van der Waals surface area contributed by atoms with Gasteiger partial charge in [-0.25, -0.2) is 0 Å². The molecule has 0 aliphatic rings. The zero-order valence-corrected chi connectivity index (χ0v) is 12.7. The average molecular weight is 280 g/mol. The fraction of sp³-hybridized carbons (Fsp3) is 0.600. The Morgan fingerprint density at radius 1 is 1.40 bits per heavy atom. The summed E-state index contributed by atoms with van der Waals surface area (Å²) in [6.45, 7) is 7.40. The second-order valence-corrected chi connectivity index (χ2v) is 5.35. The summed E-state index contributed by atoms with van der Waals surface area (Å²) in [4.78, 5) is 10.5. The third-order valence-electron chi connectivity index (χ3n) is 3.17. The summed E-state index contributed by atoms with van der Waals surface area (Å²) in [7, 11) is 1.46. The van der Waals surface area contributed by atoms with Gasteiger partial charge in [0.05, 0.1) is 12.0 Å². The molecule has 20 heavy (non-hydrogen) atoms. The summed E-state index contributed by atoms with van der Waals surface area (Å²) in [6.07, 6.45) is 1.92. The van der Waals surface area contributed by atoms with Crippen molar-refractivity contribution in [3.8, 4) is 5.75 Å². The quantitative estimate of drug-likeness (QED) is 0.587. The van der Waals surface area contributed by atoms with Crippen LogP contribution in [0.2, 0.25) is 0 Å². The highest BCUT2D eigenvalue weighted by Crippen LogP contribution is 2.28. The highest BCUT2D eigenvalue weighted by molar-refractivity contribution is 5.48. The molecular formula is C15H24N2O3. The Balaban J connectivity index is 2.87. The first kappa shape index (κ1) is 16.4. The van der Waals surface area contributed by atoms with Crippen LogP contribution in [0, 0.1) is 16.0 Å². The van der Waals surface area contributed by atoms with Crippen molar-refractivity contribution in [3.05, 3.63) is 33.9 Å². The van der Waals surface area contributed by atoms with E-state index in [2.05, 4.69) is 26.1 Å². The molecule has 0 saturated heterocycles.